The van der Waals surface area contributed by atoms with Gasteiger partial charge in [0.05, 0.1) is 10.9 Å². The fourth-order valence-electron chi connectivity index (χ4n) is 1.11. The van der Waals surface area contributed by atoms with Crippen LogP contribution in [0.25, 0.3) is 10.9 Å². The number of fused-ring (bicyclic) bond motifs is 1. The smallest absolute Gasteiger partial charge is 0.192 e. The molecule has 0 spiro atoms. The molecule has 2 aromatic rings. The molecule has 66 valence electrons. The Morgan fingerprint density at radius 3 is 3.00 bits per heavy atom. The molecular formula is C8H4Cl2N2O. The van der Waals surface area contributed by atoms with Crippen molar-refractivity contribution in [1.29, 1.82) is 0 Å². The molecular weight excluding hydrogens is 211 g/mol. The standard InChI is InChI=1S/C8H4Cl2N2O/c9-8-3-7(13)5-4-11-2-1-6(5)12(8)10/h1-4H. The molecule has 0 amide bonds. The highest BCUT2D eigenvalue weighted by molar-refractivity contribution is 6.34. The van der Waals surface area contributed by atoms with Crippen molar-refractivity contribution in [2.24, 2.45) is 0 Å². The minimum Gasteiger partial charge on any atom is -0.289 e. The van der Waals surface area contributed by atoms with Crippen LogP contribution in [0.15, 0.2) is 29.3 Å². The van der Waals surface area contributed by atoms with Crippen LogP contribution in [-0.2, 0) is 0 Å². The predicted octanol–water partition coefficient (Wildman–Crippen LogP) is 2.05. The van der Waals surface area contributed by atoms with E-state index in [9.17, 15) is 4.79 Å². The molecule has 0 saturated heterocycles. The zero-order valence-corrected chi connectivity index (χ0v) is 7.88. The Morgan fingerprint density at radius 2 is 2.23 bits per heavy atom. The highest BCUT2D eigenvalue weighted by Gasteiger charge is 2.04. The van der Waals surface area contributed by atoms with Crippen molar-refractivity contribution >= 4 is 34.3 Å². The number of hydrogen-bond donors (Lipinski definition) is 0. The topological polar surface area (TPSA) is 34.9 Å². The van der Waals surface area contributed by atoms with Gasteiger partial charge in [0.1, 0.15) is 5.15 Å². The van der Waals surface area contributed by atoms with Gasteiger partial charge in [0.15, 0.2) is 5.43 Å². The average molecular weight is 215 g/mol. The van der Waals surface area contributed by atoms with Crippen LogP contribution in [0.3, 0.4) is 0 Å². The van der Waals surface area contributed by atoms with Crippen molar-refractivity contribution in [3.05, 3.63) is 39.9 Å². The molecule has 0 fully saturated rings. The fraction of sp³-hybridized carbons (Fsp3) is 0. The normalized spacial score (nSPS) is 10.6. The lowest BCUT2D eigenvalue weighted by molar-refractivity contribution is 1.24. The van der Waals surface area contributed by atoms with Crippen molar-refractivity contribution in [3.8, 4) is 0 Å². The van der Waals surface area contributed by atoms with E-state index in [-0.39, 0.29) is 10.6 Å². The molecule has 0 aliphatic carbocycles. The van der Waals surface area contributed by atoms with Gasteiger partial charge in [-0.1, -0.05) is 11.6 Å². The molecule has 0 bridgehead atoms. The van der Waals surface area contributed by atoms with Gasteiger partial charge in [-0.25, -0.2) is 4.09 Å². The molecule has 3 nitrogen and oxygen atoms in total. The summed E-state index contributed by atoms with van der Waals surface area (Å²) < 4.78 is 1.22. The number of halogens is 2. The third-order valence-electron chi connectivity index (χ3n) is 1.71. The first-order valence-corrected chi connectivity index (χ1v) is 4.23. The van der Waals surface area contributed by atoms with E-state index in [0.29, 0.717) is 10.9 Å². The zero-order valence-electron chi connectivity index (χ0n) is 6.37. The molecule has 0 aromatic carbocycles. The van der Waals surface area contributed by atoms with E-state index in [1.165, 1.54) is 16.3 Å². The first kappa shape index (κ1) is 8.53. The molecule has 5 heteroatoms. The van der Waals surface area contributed by atoms with E-state index in [0.717, 1.165) is 0 Å². The van der Waals surface area contributed by atoms with Gasteiger partial charge in [-0.2, -0.15) is 0 Å². The van der Waals surface area contributed by atoms with Gasteiger partial charge in [-0.15, -0.1) is 0 Å². The number of hydrogen-bond acceptors (Lipinski definition) is 2. The number of pyridine rings is 2. The van der Waals surface area contributed by atoms with Gasteiger partial charge in [-0.05, 0) is 6.07 Å². The van der Waals surface area contributed by atoms with Crippen molar-refractivity contribution in [3.63, 3.8) is 0 Å². The molecule has 13 heavy (non-hydrogen) atoms. The number of aromatic nitrogens is 2. The van der Waals surface area contributed by atoms with Crippen molar-refractivity contribution in [2.45, 2.75) is 0 Å². The van der Waals surface area contributed by atoms with Crippen LogP contribution in [0, 0.1) is 0 Å². The molecule has 2 rings (SSSR count). The molecule has 0 N–H and O–H groups in total. The lowest BCUT2D eigenvalue weighted by atomic mass is 10.3. The number of rotatable bonds is 0. The Hall–Kier alpha value is -1.06. The first-order valence-electron chi connectivity index (χ1n) is 3.51. The maximum absolute atomic E-state index is 11.4. The van der Waals surface area contributed by atoms with E-state index in [1.54, 1.807) is 12.3 Å². The second kappa shape index (κ2) is 3.01. The molecule has 0 aliphatic heterocycles. The maximum Gasteiger partial charge on any atom is 0.192 e. The molecule has 0 unspecified atom stereocenters. The average Bonchev–Trinajstić information content (AvgIpc) is 2.15. The monoisotopic (exact) mass is 214 g/mol. The predicted molar refractivity (Wildman–Crippen MR) is 52.3 cm³/mol. The summed E-state index contributed by atoms with van der Waals surface area (Å²) in [5, 5.41) is 0.660. The van der Waals surface area contributed by atoms with E-state index < -0.39 is 0 Å². The van der Waals surface area contributed by atoms with E-state index in [4.69, 9.17) is 23.4 Å². The van der Waals surface area contributed by atoms with Crippen LogP contribution in [0.2, 0.25) is 5.15 Å². The Morgan fingerprint density at radius 1 is 1.46 bits per heavy atom. The third kappa shape index (κ3) is 1.30. The second-order valence-corrected chi connectivity index (χ2v) is 3.23. The summed E-state index contributed by atoms with van der Waals surface area (Å²) in [5.74, 6) is 0. The highest BCUT2D eigenvalue weighted by atomic mass is 35.5. The lowest BCUT2D eigenvalue weighted by Gasteiger charge is -2.02. The van der Waals surface area contributed by atoms with Crippen molar-refractivity contribution in [1.82, 2.24) is 9.07 Å². The SMILES string of the molecule is O=c1cc(Cl)n(Cl)c2ccncc12. The van der Waals surface area contributed by atoms with Gasteiger partial charge in [0.25, 0.3) is 0 Å². The van der Waals surface area contributed by atoms with E-state index in [2.05, 4.69) is 4.98 Å². The van der Waals surface area contributed by atoms with Crippen LogP contribution < -0.4 is 5.43 Å². The number of nitrogens with zero attached hydrogens (tertiary/aromatic N) is 2. The Bertz CT molecular complexity index is 521. The van der Waals surface area contributed by atoms with Crippen LogP contribution in [0.5, 0.6) is 0 Å². The molecule has 0 radical (unpaired) electrons. The maximum atomic E-state index is 11.4. The third-order valence-corrected chi connectivity index (χ3v) is 2.44. The zero-order chi connectivity index (χ0) is 9.42. The first-order chi connectivity index (χ1) is 6.20. The van der Waals surface area contributed by atoms with E-state index >= 15 is 0 Å². The van der Waals surface area contributed by atoms with Crippen molar-refractivity contribution < 1.29 is 0 Å². The molecule has 0 atom stereocenters. The van der Waals surface area contributed by atoms with Crippen LogP contribution in [0.4, 0.5) is 0 Å². The Kier molecular flexibility index (Phi) is 1.98. The summed E-state index contributed by atoms with van der Waals surface area (Å²) >= 11 is 11.5. The fourth-order valence-corrected chi connectivity index (χ4v) is 1.49. The summed E-state index contributed by atoms with van der Waals surface area (Å²) in [4.78, 5) is 15.2. The van der Waals surface area contributed by atoms with Gasteiger partial charge in [0.2, 0.25) is 0 Å². The summed E-state index contributed by atoms with van der Waals surface area (Å²) in [6, 6.07) is 2.90. The molecule has 0 aliphatic rings. The summed E-state index contributed by atoms with van der Waals surface area (Å²) in [5.41, 5.74) is 0.388. The summed E-state index contributed by atoms with van der Waals surface area (Å²) in [6.45, 7) is 0. The molecule has 0 saturated carbocycles. The van der Waals surface area contributed by atoms with E-state index in [1.807, 2.05) is 0 Å². The quantitative estimate of drug-likeness (QED) is 0.630. The molecule has 2 heterocycles. The molecule has 2 aromatic heterocycles. The van der Waals surface area contributed by atoms with Gasteiger partial charge in [-0.3, -0.25) is 9.78 Å². The largest absolute Gasteiger partial charge is 0.289 e. The van der Waals surface area contributed by atoms with Gasteiger partial charge < -0.3 is 0 Å². The highest BCUT2D eigenvalue weighted by Crippen LogP contribution is 2.16. The second-order valence-electron chi connectivity index (χ2n) is 2.50. The summed E-state index contributed by atoms with van der Waals surface area (Å²) in [6.07, 6.45) is 3.02. The van der Waals surface area contributed by atoms with Gasteiger partial charge >= 0.3 is 0 Å². The minimum absolute atomic E-state index is 0.176. The minimum atomic E-state index is -0.176. The van der Waals surface area contributed by atoms with Crippen molar-refractivity contribution in [2.75, 3.05) is 0 Å². The van der Waals surface area contributed by atoms with Gasteiger partial charge in [0, 0.05) is 30.2 Å². The summed E-state index contributed by atoms with van der Waals surface area (Å²) in [7, 11) is 0. The Labute approximate surface area is 83.6 Å². The Balaban J connectivity index is 3.06. The lowest BCUT2D eigenvalue weighted by Crippen LogP contribution is -2.04. The van der Waals surface area contributed by atoms with Crippen LogP contribution >= 0.6 is 23.4 Å². The van der Waals surface area contributed by atoms with Crippen LogP contribution in [-0.4, -0.2) is 9.07 Å². The van der Waals surface area contributed by atoms with Crippen LogP contribution in [0.1, 0.15) is 0 Å².